The van der Waals surface area contributed by atoms with Crippen LogP contribution in [0.15, 0.2) is 54.1 Å². The molecule has 0 aliphatic heterocycles. The highest BCUT2D eigenvalue weighted by Crippen LogP contribution is 2.16. The fourth-order valence-electron chi connectivity index (χ4n) is 1.88. The van der Waals surface area contributed by atoms with E-state index in [1.54, 1.807) is 43.5 Å². The van der Waals surface area contributed by atoms with Gasteiger partial charge < -0.3 is 10.1 Å². The zero-order valence-corrected chi connectivity index (χ0v) is 12.5. The lowest BCUT2D eigenvalue weighted by Gasteiger charge is -2.05. The van der Waals surface area contributed by atoms with E-state index in [1.165, 1.54) is 6.08 Å². The number of hydrogen-bond donors (Lipinski definition) is 1. The molecule has 4 nitrogen and oxygen atoms in total. The highest BCUT2D eigenvalue weighted by Gasteiger charge is 2.09. The summed E-state index contributed by atoms with van der Waals surface area (Å²) in [4.78, 5) is 12.2. The van der Waals surface area contributed by atoms with E-state index in [-0.39, 0.29) is 5.57 Å². The molecule has 0 heterocycles. The molecule has 1 amide bonds. The van der Waals surface area contributed by atoms with Gasteiger partial charge in [-0.1, -0.05) is 29.8 Å². The smallest absolute Gasteiger partial charge is 0.266 e. The van der Waals surface area contributed by atoms with Gasteiger partial charge in [-0.05, 0) is 42.8 Å². The van der Waals surface area contributed by atoms with Crippen LogP contribution in [0.1, 0.15) is 11.1 Å². The zero-order chi connectivity index (χ0) is 15.9. The first-order valence-corrected chi connectivity index (χ1v) is 6.76. The van der Waals surface area contributed by atoms with Crippen LogP contribution < -0.4 is 10.1 Å². The first kappa shape index (κ1) is 15.3. The van der Waals surface area contributed by atoms with E-state index in [1.807, 2.05) is 25.1 Å². The van der Waals surface area contributed by atoms with E-state index in [0.717, 1.165) is 11.1 Å². The van der Waals surface area contributed by atoms with E-state index in [0.29, 0.717) is 11.4 Å². The monoisotopic (exact) mass is 292 g/mol. The summed E-state index contributed by atoms with van der Waals surface area (Å²) in [5.41, 5.74) is 2.52. The van der Waals surface area contributed by atoms with Crippen molar-refractivity contribution in [1.82, 2.24) is 0 Å². The van der Waals surface area contributed by atoms with E-state index in [9.17, 15) is 10.1 Å². The van der Waals surface area contributed by atoms with Gasteiger partial charge >= 0.3 is 0 Å². The fraction of sp³-hybridized carbons (Fsp3) is 0.111. The summed E-state index contributed by atoms with van der Waals surface area (Å²) in [6.45, 7) is 1.97. The number of aryl methyl sites for hydroxylation is 1. The molecule has 0 radical (unpaired) electrons. The molecule has 0 saturated heterocycles. The Morgan fingerprint density at radius 1 is 1.23 bits per heavy atom. The number of carbonyl (C=O) groups excluding carboxylic acids is 1. The number of rotatable bonds is 4. The van der Waals surface area contributed by atoms with Crippen molar-refractivity contribution in [2.24, 2.45) is 0 Å². The van der Waals surface area contributed by atoms with E-state index < -0.39 is 5.91 Å². The quantitative estimate of drug-likeness (QED) is 0.692. The third-order valence-corrected chi connectivity index (χ3v) is 3.08. The van der Waals surface area contributed by atoms with Crippen LogP contribution in [-0.2, 0) is 4.79 Å². The molecule has 4 heteroatoms. The van der Waals surface area contributed by atoms with Crippen molar-refractivity contribution in [2.45, 2.75) is 6.92 Å². The first-order valence-electron chi connectivity index (χ1n) is 6.76. The minimum Gasteiger partial charge on any atom is -0.497 e. The van der Waals surface area contributed by atoms with Crippen molar-refractivity contribution >= 4 is 17.7 Å². The molecule has 2 aromatic rings. The van der Waals surface area contributed by atoms with Crippen molar-refractivity contribution in [1.29, 1.82) is 5.26 Å². The number of carbonyl (C=O) groups is 1. The molecular weight excluding hydrogens is 276 g/mol. The lowest BCUT2D eigenvalue weighted by atomic mass is 10.1. The highest BCUT2D eigenvalue weighted by atomic mass is 16.5. The van der Waals surface area contributed by atoms with Crippen LogP contribution in [0.2, 0.25) is 0 Å². The van der Waals surface area contributed by atoms with Crippen LogP contribution in [0.25, 0.3) is 6.08 Å². The summed E-state index contributed by atoms with van der Waals surface area (Å²) < 4.78 is 5.12. The van der Waals surface area contributed by atoms with Crippen molar-refractivity contribution in [3.8, 4) is 11.8 Å². The molecule has 0 fully saturated rings. The van der Waals surface area contributed by atoms with Gasteiger partial charge in [0.2, 0.25) is 0 Å². The predicted molar refractivity (Wildman–Crippen MR) is 86.4 cm³/mol. The van der Waals surface area contributed by atoms with Gasteiger partial charge in [-0.3, -0.25) is 4.79 Å². The standard InChI is InChI=1S/C18H16N2O2/c1-13-6-8-16(9-7-13)20-18(21)15(12-19)10-14-4-3-5-17(11-14)22-2/h3-11H,1-2H3,(H,20,21). The summed E-state index contributed by atoms with van der Waals surface area (Å²) in [5.74, 6) is 0.235. The Labute approximate surface area is 129 Å². The third kappa shape index (κ3) is 3.97. The Bertz CT molecular complexity index is 740. The Morgan fingerprint density at radius 2 is 1.95 bits per heavy atom. The van der Waals surface area contributed by atoms with E-state index in [2.05, 4.69) is 5.32 Å². The summed E-state index contributed by atoms with van der Waals surface area (Å²) in [6.07, 6.45) is 1.53. The van der Waals surface area contributed by atoms with Crippen LogP contribution in [-0.4, -0.2) is 13.0 Å². The van der Waals surface area contributed by atoms with E-state index in [4.69, 9.17) is 4.74 Å². The molecule has 1 N–H and O–H groups in total. The molecule has 22 heavy (non-hydrogen) atoms. The normalized spacial score (nSPS) is 10.7. The number of amides is 1. The van der Waals surface area contributed by atoms with Crippen LogP contribution in [0.4, 0.5) is 5.69 Å². The molecule has 0 aliphatic carbocycles. The van der Waals surface area contributed by atoms with Crippen LogP contribution in [0.5, 0.6) is 5.75 Å². The minimum atomic E-state index is -0.436. The lowest BCUT2D eigenvalue weighted by Crippen LogP contribution is -2.13. The molecule has 0 spiro atoms. The molecule has 0 saturated carbocycles. The largest absolute Gasteiger partial charge is 0.497 e. The second-order valence-electron chi connectivity index (χ2n) is 4.77. The molecule has 0 atom stereocenters. The second kappa shape index (κ2) is 7.09. The average molecular weight is 292 g/mol. The Kier molecular flexibility index (Phi) is 4.94. The van der Waals surface area contributed by atoms with Crippen LogP contribution >= 0.6 is 0 Å². The number of nitriles is 1. The van der Waals surface area contributed by atoms with Gasteiger partial charge in [-0.15, -0.1) is 0 Å². The lowest BCUT2D eigenvalue weighted by molar-refractivity contribution is -0.112. The zero-order valence-electron chi connectivity index (χ0n) is 12.5. The number of hydrogen-bond acceptors (Lipinski definition) is 3. The number of ether oxygens (including phenoxy) is 1. The summed E-state index contributed by atoms with van der Waals surface area (Å²) in [6, 6.07) is 16.5. The second-order valence-corrected chi connectivity index (χ2v) is 4.77. The third-order valence-electron chi connectivity index (χ3n) is 3.08. The van der Waals surface area contributed by atoms with Gasteiger partial charge in [0.1, 0.15) is 17.4 Å². The van der Waals surface area contributed by atoms with Gasteiger partial charge in [0.15, 0.2) is 0 Å². The maximum absolute atomic E-state index is 12.2. The molecule has 2 rings (SSSR count). The number of anilines is 1. The van der Waals surface area contributed by atoms with Gasteiger partial charge in [-0.25, -0.2) is 0 Å². The molecule has 0 bridgehead atoms. The minimum absolute atomic E-state index is 0.0360. The first-order chi connectivity index (χ1) is 10.6. The number of benzene rings is 2. The summed E-state index contributed by atoms with van der Waals surface area (Å²) >= 11 is 0. The molecule has 2 aromatic carbocycles. The summed E-state index contributed by atoms with van der Waals surface area (Å²) in [7, 11) is 1.57. The molecule has 0 aliphatic rings. The van der Waals surface area contributed by atoms with Crippen LogP contribution in [0, 0.1) is 18.3 Å². The van der Waals surface area contributed by atoms with Crippen molar-refractivity contribution in [3.05, 3.63) is 65.2 Å². The Hall–Kier alpha value is -3.06. The molecule has 110 valence electrons. The van der Waals surface area contributed by atoms with Gasteiger partial charge in [-0.2, -0.15) is 5.26 Å². The molecule has 0 unspecified atom stereocenters. The Morgan fingerprint density at radius 3 is 2.59 bits per heavy atom. The van der Waals surface area contributed by atoms with Gasteiger partial charge in [0.25, 0.3) is 5.91 Å². The fourth-order valence-corrected chi connectivity index (χ4v) is 1.88. The molecule has 0 aromatic heterocycles. The number of methoxy groups -OCH3 is 1. The van der Waals surface area contributed by atoms with Crippen LogP contribution in [0.3, 0.4) is 0 Å². The highest BCUT2D eigenvalue weighted by molar-refractivity contribution is 6.09. The maximum Gasteiger partial charge on any atom is 0.266 e. The molecular formula is C18H16N2O2. The Balaban J connectivity index is 2.19. The maximum atomic E-state index is 12.2. The van der Waals surface area contributed by atoms with Gasteiger partial charge in [0, 0.05) is 5.69 Å². The van der Waals surface area contributed by atoms with Crippen molar-refractivity contribution in [3.63, 3.8) is 0 Å². The topological polar surface area (TPSA) is 62.1 Å². The number of nitrogens with one attached hydrogen (secondary N) is 1. The van der Waals surface area contributed by atoms with E-state index >= 15 is 0 Å². The SMILES string of the molecule is COc1cccc(C=C(C#N)C(=O)Nc2ccc(C)cc2)c1. The van der Waals surface area contributed by atoms with Crippen molar-refractivity contribution < 1.29 is 9.53 Å². The van der Waals surface area contributed by atoms with Gasteiger partial charge in [0.05, 0.1) is 7.11 Å². The van der Waals surface area contributed by atoms with Crippen molar-refractivity contribution in [2.75, 3.05) is 12.4 Å². The number of nitrogens with zero attached hydrogens (tertiary/aromatic N) is 1. The predicted octanol–water partition coefficient (Wildman–Crippen LogP) is 3.55. The average Bonchev–Trinajstić information content (AvgIpc) is 2.54. The summed E-state index contributed by atoms with van der Waals surface area (Å²) in [5, 5.41) is 11.9.